The second-order valence-electron chi connectivity index (χ2n) is 5.13. The van der Waals surface area contributed by atoms with Gasteiger partial charge >= 0.3 is 35.5 Å². The van der Waals surface area contributed by atoms with Crippen LogP contribution in [-0.2, 0) is 14.3 Å². The fraction of sp³-hybridized carbons (Fsp3) is 0.375. The van der Waals surface area contributed by atoms with E-state index in [1.165, 1.54) is 0 Å². The summed E-state index contributed by atoms with van der Waals surface area (Å²) in [4.78, 5) is 23.9. The molecule has 2 aliphatic rings. The molecule has 1 aliphatic carbocycles. The van der Waals surface area contributed by atoms with Crippen LogP contribution >= 0.6 is 0 Å². The number of fused-ring (bicyclic) bond motifs is 1. The molecule has 116 valence electrons. The zero-order valence-electron chi connectivity index (χ0n) is 13.0. The van der Waals surface area contributed by atoms with Crippen molar-refractivity contribution in [3.05, 3.63) is 35.6 Å². The third-order valence-corrected chi connectivity index (χ3v) is 3.80. The van der Waals surface area contributed by atoms with Gasteiger partial charge in [0.15, 0.2) is 17.3 Å². The van der Waals surface area contributed by atoms with E-state index in [0.29, 0.717) is 17.1 Å². The van der Waals surface area contributed by atoms with Gasteiger partial charge in [-0.05, 0) is 19.1 Å². The fourth-order valence-electron chi connectivity index (χ4n) is 2.89. The number of hydrogen-bond donors (Lipinski definition) is 0. The van der Waals surface area contributed by atoms with E-state index in [0.717, 1.165) is 6.08 Å². The van der Waals surface area contributed by atoms with Gasteiger partial charge in [0.05, 0.1) is 12.5 Å². The number of rotatable bonds is 3. The quantitative estimate of drug-likeness (QED) is 0.467. The standard InChI is InChI=1S/C16H16O6.Na/c1-2-20-16(19)14-11(6-9(17)7-12(14)18)10-4-3-5-13-15(10)22-8-21-13;/h3-5,7,11,14,18H,2,6,8H2,1H3;/q;+1/p-1. The normalized spacial score (nSPS) is 22.1. The Labute approximate surface area is 155 Å². The molecule has 0 radical (unpaired) electrons. The van der Waals surface area contributed by atoms with E-state index in [-0.39, 0.29) is 55.2 Å². The average Bonchev–Trinajstić information content (AvgIpc) is 2.94. The first-order valence-corrected chi connectivity index (χ1v) is 7.08. The minimum atomic E-state index is -1.02. The molecule has 1 aromatic rings. The second kappa shape index (κ2) is 7.38. The Morgan fingerprint density at radius 3 is 2.91 bits per heavy atom. The zero-order valence-corrected chi connectivity index (χ0v) is 15.0. The van der Waals surface area contributed by atoms with E-state index >= 15 is 0 Å². The summed E-state index contributed by atoms with van der Waals surface area (Å²) in [6.45, 7) is 1.93. The molecular formula is C16H15NaO6. The monoisotopic (exact) mass is 326 g/mol. The van der Waals surface area contributed by atoms with Crippen molar-refractivity contribution in [2.75, 3.05) is 13.4 Å². The molecule has 1 heterocycles. The van der Waals surface area contributed by atoms with Gasteiger partial charge < -0.3 is 19.3 Å². The second-order valence-corrected chi connectivity index (χ2v) is 5.13. The van der Waals surface area contributed by atoms with Crippen LogP contribution in [0.4, 0.5) is 0 Å². The summed E-state index contributed by atoms with van der Waals surface area (Å²) in [5.74, 6) is -2.01. The van der Waals surface area contributed by atoms with Gasteiger partial charge in [-0.25, -0.2) is 0 Å². The van der Waals surface area contributed by atoms with Gasteiger partial charge in [0.2, 0.25) is 6.79 Å². The van der Waals surface area contributed by atoms with E-state index in [9.17, 15) is 14.7 Å². The maximum atomic E-state index is 12.2. The van der Waals surface area contributed by atoms with Crippen LogP contribution in [0.2, 0.25) is 0 Å². The van der Waals surface area contributed by atoms with Crippen LogP contribution in [0.15, 0.2) is 30.0 Å². The predicted molar refractivity (Wildman–Crippen MR) is 73.1 cm³/mol. The van der Waals surface area contributed by atoms with Gasteiger partial charge in [0.1, 0.15) is 0 Å². The maximum Gasteiger partial charge on any atom is 1.00 e. The van der Waals surface area contributed by atoms with E-state index in [1.54, 1.807) is 25.1 Å². The topological polar surface area (TPSA) is 84.9 Å². The van der Waals surface area contributed by atoms with Crippen molar-refractivity contribution in [2.45, 2.75) is 19.3 Å². The first-order chi connectivity index (χ1) is 10.6. The number of carbonyl (C=O) groups is 2. The summed E-state index contributed by atoms with van der Waals surface area (Å²) in [7, 11) is 0. The Bertz CT molecular complexity index is 654. The Hall–Kier alpha value is -1.50. The molecule has 0 amide bonds. The average molecular weight is 326 g/mol. The SMILES string of the molecule is CCOC(=O)C1C([O-])=CC(=O)CC1c1cccc2c1OCO2.[Na+]. The van der Waals surface area contributed by atoms with Gasteiger partial charge in [-0.3, -0.25) is 9.59 Å². The molecule has 3 rings (SSSR count). The van der Waals surface area contributed by atoms with Crippen LogP contribution in [0.25, 0.3) is 0 Å². The van der Waals surface area contributed by atoms with E-state index in [1.807, 2.05) is 0 Å². The van der Waals surface area contributed by atoms with Crippen LogP contribution in [-0.4, -0.2) is 25.2 Å². The molecule has 1 aliphatic heterocycles. The van der Waals surface area contributed by atoms with Gasteiger partial charge in [0.25, 0.3) is 0 Å². The van der Waals surface area contributed by atoms with Gasteiger partial charge in [0, 0.05) is 17.9 Å². The summed E-state index contributed by atoms with van der Waals surface area (Å²) in [6.07, 6.45) is 1.05. The summed E-state index contributed by atoms with van der Waals surface area (Å²) in [5.41, 5.74) is 0.628. The molecule has 0 N–H and O–H groups in total. The van der Waals surface area contributed by atoms with Gasteiger partial charge in [-0.1, -0.05) is 12.1 Å². The van der Waals surface area contributed by atoms with Crippen molar-refractivity contribution in [2.24, 2.45) is 5.92 Å². The molecule has 6 nitrogen and oxygen atoms in total. The fourth-order valence-corrected chi connectivity index (χ4v) is 2.89. The van der Waals surface area contributed by atoms with Crippen molar-refractivity contribution in [1.82, 2.24) is 0 Å². The third kappa shape index (κ3) is 3.39. The van der Waals surface area contributed by atoms with Crippen molar-refractivity contribution in [3.8, 4) is 11.5 Å². The van der Waals surface area contributed by atoms with Crippen molar-refractivity contribution < 1.29 is 58.5 Å². The molecule has 7 heteroatoms. The number of carbonyl (C=O) groups excluding carboxylic acids is 2. The van der Waals surface area contributed by atoms with E-state index in [2.05, 4.69) is 0 Å². The van der Waals surface area contributed by atoms with E-state index in [4.69, 9.17) is 14.2 Å². The largest absolute Gasteiger partial charge is 1.00 e. The Kier molecular flexibility index (Phi) is 5.73. The maximum absolute atomic E-state index is 12.2. The first-order valence-electron chi connectivity index (χ1n) is 7.08. The van der Waals surface area contributed by atoms with Gasteiger partial charge in [-0.2, -0.15) is 0 Å². The summed E-state index contributed by atoms with van der Waals surface area (Å²) in [6, 6.07) is 5.23. The molecule has 23 heavy (non-hydrogen) atoms. The molecule has 0 aromatic heterocycles. The number of ketones is 1. The molecule has 0 spiro atoms. The number of hydrogen-bond acceptors (Lipinski definition) is 6. The van der Waals surface area contributed by atoms with E-state index < -0.39 is 23.6 Å². The van der Waals surface area contributed by atoms with Gasteiger partial charge in [-0.15, -0.1) is 5.76 Å². The van der Waals surface area contributed by atoms with Crippen LogP contribution in [0.5, 0.6) is 11.5 Å². The molecule has 0 saturated heterocycles. The van der Waals surface area contributed by atoms with Crippen LogP contribution in [0, 0.1) is 5.92 Å². The van der Waals surface area contributed by atoms with Crippen molar-refractivity contribution in [3.63, 3.8) is 0 Å². The zero-order chi connectivity index (χ0) is 15.7. The molecule has 2 unspecified atom stereocenters. The molecular weight excluding hydrogens is 311 g/mol. The van der Waals surface area contributed by atoms with Crippen LogP contribution in [0.3, 0.4) is 0 Å². The Morgan fingerprint density at radius 1 is 1.39 bits per heavy atom. The third-order valence-electron chi connectivity index (χ3n) is 3.80. The minimum absolute atomic E-state index is 0. The molecule has 1 aromatic carbocycles. The first kappa shape index (κ1) is 17.8. The number of ether oxygens (including phenoxy) is 3. The van der Waals surface area contributed by atoms with Crippen LogP contribution in [0.1, 0.15) is 24.8 Å². The molecule has 2 atom stereocenters. The number of allylic oxidation sites excluding steroid dienone is 1. The molecule has 0 saturated carbocycles. The predicted octanol–water partition coefficient (Wildman–Crippen LogP) is -2.10. The summed E-state index contributed by atoms with van der Waals surface area (Å²) in [5, 5.41) is 12.2. The van der Waals surface area contributed by atoms with Crippen molar-refractivity contribution in [1.29, 1.82) is 0 Å². The Balaban J connectivity index is 0.00000192. The summed E-state index contributed by atoms with van der Waals surface area (Å²) >= 11 is 0. The minimum Gasteiger partial charge on any atom is -0.875 e. The van der Waals surface area contributed by atoms with Crippen LogP contribution < -0.4 is 44.1 Å². The van der Waals surface area contributed by atoms with Crippen molar-refractivity contribution >= 4 is 11.8 Å². The number of para-hydroxylation sites is 1. The number of esters is 1. The molecule has 0 bridgehead atoms. The summed E-state index contributed by atoms with van der Waals surface area (Å²) < 4.78 is 15.7. The smallest absolute Gasteiger partial charge is 0.875 e. The number of benzene rings is 1. The molecule has 0 fully saturated rings. The Morgan fingerprint density at radius 2 is 2.17 bits per heavy atom.